The van der Waals surface area contributed by atoms with Crippen molar-refractivity contribution in [1.29, 1.82) is 0 Å². The minimum absolute atomic E-state index is 0.507. The molecule has 1 N–H and O–H groups in total. The zero-order valence-corrected chi connectivity index (χ0v) is 10.2. The summed E-state index contributed by atoms with van der Waals surface area (Å²) in [5.41, 5.74) is 1.20. The SMILES string of the molecule is COc1ccccc1N1CC(C)NCC1C. The lowest BCUT2D eigenvalue weighted by Crippen LogP contribution is -2.54. The van der Waals surface area contributed by atoms with E-state index in [1.807, 2.05) is 12.1 Å². The van der Waals surface area contributed by atoms with Crippen LogP contribution in [0.3, 0.4) is 0 Å². The second kappa shape index (κ2) is 4.74. The molecule has 0 bridgehead atoms. The molecule has 88 valence electrons. The summed E-state index contributed by atoms with van der Waals surface area (Å²) >= 11 is 0. The molecule has 2 rings (SSSR count). The molecule has 2 atom stereocenters. The lowest BCUT2D eigenvalue weighted by Gasteiger charge is -2.39. The Bertz CT molecular complexity index is 354. The molecule has 1 aromatic carbocycles. The molecule has 3 nitrogen and oxygen atoms in total. The first-order valence-corrected chi connectivity index (χ1v) is 5.85. The largest absolute Gasteiger partial charge is 0.495 e. The van der Waals surface area contributed by atoms with Crippen molar-refractivity contribution in [3.05, 3.63) is 24.3 Å². The predicted molar refractivity (Wildman–Crippen MR) is 67.3 cm³/mol. The molecule has 1 saturated heterocycles. The number of nitrogens with one attached hydrogen (secondary N) is 1. The molecule has 16 heavy (non-hydrogen) atoms. The molecule has 1 aromatic rings. The Morgan fingerprint density at radius 2 is 2.06 bits per heavy atom. The van der Waals surface area contributed by atoms with Crippen molar-refractivity contribution in [2.45, 2.75) is 25.9 Å². The van der Waals surface area contributed by atoms with Crippen LogP contribution in [0.1, 0.15) is 13.8 Å². The van der Waals surface area contributed by atoms with Crippen LogP contribution < -0.4 is 15.0 Å². The maximum atomic E-state index is 5.42. The van der Waals surface area contributed by atoms with Crippen LogP contribution in [0.5, 0.6) is 5.75 Å². The number of methoxy groups -OCH3 is 1. The molecule has 1 fully saturated rings. The zero-order valence-electron chi connectivity index (χ0n) is 10.2. The molecule has 1 aliphatic rings. The van der Waals surface area contributed by atoms with Crippen molar-refractivity contribution in [3.8, 4) is 5.75 Å². The summed E-state index contributed by atoms with van der Waals surface area (Å²) in [6.45, 7) is 6.51. The fraction of sp³-hybridized carbons (Fsp3) is 0.538. The van der Waals surface area contributed by atoms with E-state index >= 15 is 0 Å². The van der Waals surface area contributed by atoms with Gasteiger partial charge in [-0.05, 0) is 26.0 Å². The summed E-state index contributed by atoms with van der Waals surface area (Å²) < 4.78 is 5.42. The van der Waals surface area contributed by atoms with Crippen molar-refractivity contribution < 1.29 is 4.74 Å². The molecule has 0 aromatic heterocycles. The van der Waals surface area contributed by atoms with E-state index in [9.17, 15) is 0 Å². The van der Waals surface area contributed by atoms with E-state index in [0.717, 1.165) is 18.8 Å². The number of para-hydroxylation sites is 2. The quantitative estimate of drug-likeness (QED) is 0.823. The lowest BCUT2D eigenvalue weighted by molar-refractivity contribution is 0.397. The van der Waals surface area contributed by atoms with Gasteiger partial charge in [-0.1, -0.05) is 12.1 Å². The molecule has 0 saturated carbocycles. The summed E-state index contributed by atoms with van der Waals surface area (Å²) in [6.07, 6.45) is 0. The van der Waals surface area contributed by atoms with Gasteiger partial charge in [-0.2, -0.15) is 0 Å². The average molecular weight is 220 g/mol. The summed E-state index contributed by atoms with van der Waals surface area (Å²) in [6, 6.07) is 9.27. The number of hydrogen-bond acceptors (Lipinski definition) is 3. The molecule has 0 amide bonds. The van der Waals surface area contributed by atoms with E-state index in [4.69, 9.17) is 4.74 Å². The Kier molecular flexibility index (Phi) is 3.34. The first-order chi connectivity index (χ1) is 7.72. The lowest BCUT2D eigenvalue weighted by atomic mass is 10.1. The third-order valence-electron chi connectivity index (χ3n) is 3.16. The molecule has 3 heteroatoms. The minimum Gasteiger partial charge on any atom is -0.495 e. The van der Waals surface area contributed by atoms with Crippen molar-refractivity contribution in [3.63, 3.8) is 0 Å². The third-order valence-corrected chi connectivity index (χ3v) is 3.16. The molecule has 2 unspecified atom stereocenters. The summed E-state index contributed by atoms with van der Waals surface area (Å²) in [4.78, 5) is 2.42. The Labute approximate surface area is 97.4 Å². The molecule has 0 aliphatic carbocycles. The third kappa shape index (κ3) is 2.14. The van der Waals surface area contributed by atoms with Gasteiger partial charge in [-0.3, -0.25) is 0 Å². The van der Waals surface area contributed by atoms with Crippen LogP contribution in [-0.2, 0) is 0 Å². The second-order valence-corrected chi connectivity index (χ2v) is 4.48. The average Bonchev–Trinajstić information content (AvgIpc) is 2.32. The summed E-state index contributed by atoms with van der Waals surface area (Å²) in [7, 11) is 1.73. The minimum atomic E-state index is 0.507. The molecule has 0 radical (unpaired) electrons. The second-order valence-electron chi connectivity index (χ2n) is 4.48. The molecular weight excluding hydrogens is 200 g/mol. The number of ether oxygens (including phenoxy) is 1. The van der Waals surface area contributed by atoms with E-state index < -0.39 is 0 Å². The predicted octanol–water partition coefficient (Wildman–Crippen LogP) is 1.88. The fourth-order valence-corrected chi connectivity index (χ4v) is 2.22. The maximum Gasteiger partial charge on any atom is 0.142 e. The molecule has 1 aliphatic heterocycles. The van der Waals surface area contributed by atoms with Crippen LogP contribution in [-0.4, -0.2) is 32.3 Å². The topological polar surface area (TPSA) is 24.5 Å². The molecule has 1 heterocycles. The Morgan fingerprint density at radius 1 is 1.31 bits per heavy atom. The van der Waals surface area contributed by atoms with Gasteiger partial charge in [0, 0.05) is 25.2 Å². The van der Waals surface area contributed by atoms with Gasteiger partial charge in [0.1, 0.15) is 5.75 Å². The van der Waals surface area contributed by atoms with Crippen LogP contribution in [0.25, 0.3) is 0 Å². The summed E-state index contributed by atoms with van der Waals surface area (Å²) in [5, 5.41) is 3.49. The van der Waals surface area contributed by atoms with Gasteiger partial charge < -0.3 is 15.0 Å². The highest BCUT2D eigenvalue weighted by Crippen LogP contribution is 2.30. The molecule has 0 spiro atoms. The number of anilines is 1. The number of nitrogens with zero attached hydrogens (tertiary/aromatic N) is 1. The van der Waals surface area contributed by atoms with Gasteiger partial charge >= 0.3 is 0 Å². The van der Waals surface area contributed by atoms with E-state index in [0.29, 0.717) is 12.1 Å². The Hall–Kier alpha value is -1.22. The van der Waals surface area contributed by atoms with Crippen molar-refractivity contribution in [2.75, 3.05) is 25.1 Å². The standard InChI is InChI=1S/C13H20N2O/c1-10-9-15(11(2)8-14-10)12-6-4-5-7-13(12)16-3/h4-7,10-11,14H,8-9H2,1-3H3. The smallest absolute Gasteiger partial charge is 0.142 e. The highest BCUT2D eigenvalue weighted by atomic mass is 16.5. The maximum absolute atomic E-state index is 5.42. The number of piperazine rings is 1. The van der Waals surface area contributed by atoms with Crippen LogP contribution in [0.4, 0.5) is 5.69 Å². The van der Waals surface area contributed by atoms with Gasteiger partial charge in [0.05, 0.1) is 12.8 Å². The van der Waals surface area contributed by atoms with E-state index in [1.165, 1.54) is 5.69 Å². The first-order valence-electron chi connectivity index (χ1n) is 5.85. The van der Waals surface area contributed by atoms with Gasteiger partial charge in [-0.15, -0.1) is 0 Å². The van der Waals surface area contributed by atoms with Gasteiger partial charge in [0.2, 0.25) is 0 Å². The Morgan fingerprint density at radius 3 is 2.81 bits per heavy atom. The first kappa shape index (κ1) is 11.3. The van der Waals surface area contributed by atoms with Gasteiger partial charge in [0.25, 0.3) is 0 Å². The highest BCUT2D eigenvalue weighted by Gasteiger charge is 2.24. The van der Waals surface area contributed by atoms with Crippen molar-refractivity contribution in [2.24, 2.45) is 0 Å². The van der Waals surface area contributed by atoms with Crippen LogP contribution in [0, 0.1) is 0 Å². The van der Waals surface area contributed by atoms with Crippen LogP contribution in [0.2, 0.25) is 0 Å². The number of benzene rings is 1. The summed E-state index contributed by atoms with van der Waals surface area (Å²) in [5.74, 6) is 0.962. The monoisotopic (exact) mass is 220 g/mol. The van der Waals surface area contributed by atoms with Crippen molar-refractivity contribution in [1.82, 2.24) is 5.32 Å². The molecular formula is C13H20N2O. The fourth-order valence-electron chi connectivity index (χ4n) is 2.22. The normalized spacial score (nSPS) is 25.6. The van der Waals surface area contributed by atoms with Gasteiger partial charge in [-0.25, -0.2) is 0 Å². The Balaban J connectivity index is 2.27. The van der Waals surface area contributed by atoms with Crippen LogP contribution in [0.15, 0.2) is 24.3 Å². The number of hydrogen-bond donors (Lipinski definition) is 1. The van der Waals surface area contributed by atoms with Crippen molar-refractivity contribution >= 4 is 5.69 Å². The van der Waals surface area contributed by atoms with Gasteiger partial charge in [0.15, 0.2) is 0 Å². The highest BCUT2D eigenvalue weighted by molar-refractivity contribution is 5.59. The van der Waals surface area contributed by atoms with E-state index in [-0.39, 0.29) is 0 Å². The van der Waals surface area contributed by atoms with E-state index in [1.54, 1.807) is 7.11 Å². The number of rotatable bonds is 2. The zero-order chi connectivity index (χ0) is 11.5. The van der Waals surface area contributed by atoms with E-state index in [2.05, 4.69) is 36.2 Å². The van der Waals surface area contributed by atoms with Crippen LogP contribution >= 0.6 is 0 Å².